The van der Waals surface area contributed by atoms with Gasteiger partial charge in [0.1, 0.15) is 17.6 Å². The number of rotatable bonds is 9. The molecule has 0 radical (unpaired) electrons. The van der Waals surface area contributed by atoms with Gasteiger partial charge in [-0.15, -0.1) is 0 Å². The summed E-state index contributed by atoms with van der Waals surface area (Å²) in [5.41, 5.74) is 0.883. The summed E-state index contributed by atoms with van der Waals surface area (Å²) in [4.78, 5) is 31.6. The lowest BCUT2D eigenvalue weighted by atomic mass is 9.98. The number of carbonyl (C=O) groups excluding carboxylic acids is 1. The Morgan fingerprint density at radius 2 is 1.91 bits per heavy atom. The van der Waals surface area contributed by atoms with Crippen molar-refractivity contribution in [3.63, 3.8) is 0 Å². The fraction of sp³-hybridized carbons (Fsp3) is 0.364. The van der Waals surface area contributed by atoms with E-state index in [1.165, 1.54) is 11.1 Å². The number of aromatic nitrogens is 3. The molecule has 4 heterocycles. The van der Waals surface area contributed by atoms with Crippen LogP contribution in [0.2, 0.25) is 5.02 Å². The highest BCUT2D eigenvalue weighted by Crippen LogP contribution is 2.43. The molecule has 0 bridgehead atoms. The van der Waals surface area contributed by atoms with E-state index in [2.05, 4.69) is 26.4 Å². The number of pyridine rings is 1. The summed E-state index contributed by atoms with van der Waals surface area (Å²) >= 11 is 6.60. The fourth-order valence-electron chi connectivity index (χ4n) is 6.33. The molecule has 0 aliphatic carbocycles. The van der Waals surface area contributed by atoms with Gasteiger partial charge in [0, 0.05) is 47.8 Å². The van der Waals surface area contributed by atoms with E-state index in [1.54, 1.807) is 29.2 Å². The predicted molar refractivity (Wildman–Crippen MR) is 171 cm³/mol. The Hall–Kier alpha value is -4.67. The third-order valence-corrected chi connectivity index (χ3v) is 8.97. The summed E-state index contributed by atoms with van der Waals surface area (Å²) in [5, 5.41) is 11.3. The summed E-state index contributed by atoms with van der Waals surface area (Å²) in [5.74, 6) is -2.02. The maximum atomic E-state index is 14.1. The van der Waals surface area contributed by atoms with Crippen LogP contribution < -0.4 is 14.4 Å². The Morgan fingerprint density at radius 3 is 2.62 bits per heavy atom. The highest BCUT2D eigenvalue weighted by atomic mass is 35.5. The molecule has 1 unspecified atom stereocenters. The van der Waals surface area contributed by atoms with Crippen molar-refractivity contribution in [1.82, 2.24) is 24.8 Å². The van der Waals surface area contributed by atoms with Gasteiger partial charge < -0.3 is 24.2 Å². The second-order valence-electron chi connectivity index (χ2n) is 11.5. The van der Waals surface area contributed by atoms with E-state index >= 15 is 0 Å². The van der Waals surface area contributed by atoms with Gasteiger partial charge in [0.25, 0.3) is 5.91 Å². The van der Waals surface area contributed by atoms with Gasteiger partial charge in [-0.05, 0) is 43.5 Å². The third kappa shape index (κ3) is 6.48. The van der Waals surface area contributed by atoms with Crippen LogP contribution >= 0.6 is 11.6 Å². The number of nitriles is 1. The lowest BCUT2D eigenvalue weighted by Gasteiger charge is -2.41. The van der Waals surface area contributed by atoms with Crippen LogP contribution in [-0.4, -0.2) is 89.2 Å². The van der Waals surface area contributed by atoms with E-state index in [0.717, 1.165) is 24.8 Å². The molecule has 2 atom stereocenters. The van der Waals surface area contributed by atoms with Crippen LogP contribution in [0, 0.1) is 11.3 Å². The molecule has 14 heteroatoms. The molecule has 2 saturated heterocycles. The van der Waals surface area contributed by atoms with Crippen LogP contribution in [0.5, 0.6) is 11.8 Å². The summed E-state index contributed by atoms with van der Waals surface area (Å²) in [6.07, 6.45) is 3.25. The molecule has 244 valence electrons. The van der Waals surface area contributed by atoms with Crippen molar-refractivity contribution in [1.29, 1.82) is 5.26 Å². The first-order chi connectivity index (χ1) is 22.7. The lowest BCUT2D eigenvalue weighted by Crippen LogP contribution is -2.55. The van der Waals surface area contributed by atoms with Crippen LogP contribution in [0.3, 0.4) is 0 Å². The van der Waals surface area contributed by atoms with Crippen molar-refractivity contribution < 1.29 is 27.4 Å². The first kappa shape index (κ1) is 32.3. The summed E-state index contributed by atoms with van der Waals surface area (Å²) < 4.78 is 53.4. The zero-order valence-electron chi connectivity index (χ0n) is 25.5. The van der Waals surface area contributed by atoms with Crippen molar-refractivity contribution in [2.24, 2.45) is 0 Å². The molecular weight excluding hydrogens is 635 g/mol. The van der Waals surface area contributed by atoms with Crippen LogP contribution in [0.25, 0.3) is 32.9 Å². The minimum atomic E-state index is -3.21. The summed E-state index contributed by atoms with van der Waals surface area (Å²) in [6.45, 7) is 1.39. The molecule has 0 N–H and O–H groups in total. The number of anilines is 1. The van der Waals surface area contributed by atoms with Gasteiger partial charge in [0.15, 0.2) is 17.4 Å². The van der Waals surface area contributed by atoms with E-state index in [4.69, 9.17) is 21.1 Å². The number of ether oxygens (including phenoxy) is 2. The number of benzene rings is 2. The Labute approximate surface area is 274 Å². The summed E-state index contributed by atoms with van der Waals surface area (Å²) in [6, 6.07) is 12.1. The van der Waals surface area contributed by atoms with Crippen LogP contribution in [0.4, 0.5) is 19.0 Å². The topological polar surface area (TPSA) is 108 Å². The van der Waals surface area contributed by atoms with E-state index < -0.39 is 24.4 Å². The van der Waals surface area contributed by atoms with E-state index in [-0.39, 0.29) is 72.9 Å². The molecule has 1 amide bonds. The number of likely N-dealkylation sites (tertiary alicyclic amines) is 1. The molecule has 2 aromatic carbocycles. The number of halogens is 4. The molecule has 6 rings (SSSR count). The lowest BCUT2D eigenvalue weighted by molar-refractivity contribution is -0.131. The number of likely N-dealkylation sites (N-methyl/N-ethyl adjacent to an activating group) is 1. The molecule has 4 aromatic rings. The number of nitrogens with zero attached hydrogens (tertiary/aromatic N) is 7. The second-order valence-corrected chi connectivity index (χ2v) is 11.9. The Balaban J connectivity index is 1.51. The molecule has 2 fully saturated rings. The SMILES string of the molecule is C=C(F)C(=O)N1CCN(c2nc(OCC3CCCN3C)nc3c(OC(F)F)c(-c4cccc5cccc(Cl)c45)cnc23)C[C@@H]1CC#N. The third-order valence-electron chi connectivity index (χ3n) is 8.66. The fourth-order valence-corrected chi connectivity index (χ4v) is 6.62. The van der Waals surface area contributed by atoms with E-state index in [0.29, 0.717) is 16.0 Å². The number of alkyl halides is 2. The van der Waals surface area contributed by atoms with E-state index in [1.807, 2.05) is 25.2 Å². The van der Waals surface area contributed by atoms with Crippen LogP contribution in [0.1, 0.15) is 19.3 Å². The number of amides is 1. The quantitative estimate of drug-likeness (QED) is 0.199. The van der Waals surface area contributed by atoms with Crippen molar-refractivity contribution >= 4 is 45.1 Å². The molecule has 0 spiro atoms. The minimum Gasteiger partial charge on any atom is -0.462 e. The maximum absolute atomic E-state index is 14.1. The Kier molecular flexibility index (Phi) is 9.33. The van der Waals surface area contributed by atoms with Crippen molar-refractivity contribution in [3.8, 4) is 29.0 Å². The van der Waals surface area contributed by atoms with Gasteiger partial charge in [0.2, 0.25) is 0 Å². The molecule has 10 nitrogen and oxygen atoms in total. The number of hydrogen-bond acceptors (Lipinski definition) is 9. The highest BCUT2D eigenvalue weighted by Gasteiger charge is 2.34. The Morgan fingerprint density at radius 1 is 1.13 bits per heavy atom. The number of piperazine rings is 1. The van der Waals surface area contributed by atoms with Gasteiger partial charge in [-0.1, -0.05) is 48.5 Å². The number of hydrogen-bond donors (Lipinski definition) is 0. The normalized spacial score (nSPS) is 18.6. The minimum absolute atomic E-state index is 0.0147. The molecule has 2 aliphatic heterocycles. The predicted octanol–water partition coefficient (Wildman–Crippen LogP) is 5.99. The first-order valence-electron chi connectivity index (χ1n) is 15.1. The Bertz CT molecular complexity index is 1880. The largest absolute Gasteiger partial charge is 0.462 e. The second kappa shape index (κ2) is 13.6. The standard InChI is InChI=1S/C33H31ClF3N7O3/c1-19(35)31(45)44-15-14-43(17-21(44)11-12-38)30-28-27(40-33(41-30)46-18-22-8-5-13-42(22)2)29(47-32(36)37)24(16-39-28)23-9-3-6-20-7-4-10-25(34)26(20)23/h3-4,6-7,9-10,16,21-22,32H,1,5,8,11,13-15,17-18H2,2H3/t21-,22?/m0/s1. The summed E-state index contributed by atoms with van der Waals surface area (Å²) in [7, 11) is 2.00. The zero-order chi connectivity index (χ0) is 33.2. The van der Waals surface area contributed by atoms with Crippen LogP contribution in [0.15, 0.2) is 55.0 Å². The van der Waals surface area contributed by atoms with Gasteiger partial charge in [-0.3, -0.25) is 4.79 Å². The molecular formula is C33H31ClF3N7O3. The average Bonchev–Trinajstić information content (AvgIpc) is 3.47. The smallest absolute Gasteiger partial charge is 0.387 e. The van der Waals surface area contributed by atoms with Crippen LogP contribution in [-0.2, 0) is 4.79 Å². The van der Waals surface area contributed by atoms with Gasteiger partial charge in [-0.2, -0.15) is 24.0 Å². The number of fused-ring (bicyclic) bond motifs is 2. The van der Waals surface area contributed by atoms with Crippen molar-refractivity contribution in [2.75, 3.05) is 44.7 Å². The first-order valence-corrected chi connectivity index (χ1v) is 15.5. The monoisotopic (exact) mass is 665 g/mol. The highest BCUT2D eigenvalue weighted by molar-refractivity contribution is 6.36. The van der Waals surface area contributed by atoms with Gasteiger partial charge in [-0.25, -0.2) is 9.37 Å². The van der Waals surface area contributed by atoms with Gasteiger partial charge in [0.05, 0.1) is 18.5 Å². The van der Waals surface area contributed by atoms with Crippen molar-refractivity contribution in [3.05, 3.63) is 60.0 Å². The number of carbonyl (C=O) groups is 1. The average molecular weight is 666 g/mol. The molecule has 0 saturated carbocycles. The van der Waals surface area contributed by atoms with Gasteiger partial charge >= 0.3 is 12.6 Å². The van der Waals surface area contributed by atoms with E-state index in [9.17, 15) is 23.2 Å². The molecule has 2 aliphatic rings. The zero-order valence-corrected chi connectivity index (χ0v) is 26.3. The molecule has 2 aromatic heterocycles. The maximum Gasteiger partial charge on any atom is 0.387 e. The molecule has 47 heavy (non-hydrogen) atoms. The van der Waals surface area contributed by atoms with Crippen molar-refractivity contribution in [2.45, 2.75) is 38.0 Å².